The molecule has 0 saturated carbocycles. The number of carbonyl (C=O) groups is 1. The zero-order valence-corrected chi connectivity index (χ0v) is 14.4. The molecule has 0 radical (unpaired) electrons. The Balaban J connectivity index is 2.50. The van der Waals surface area contributed by atoms with Crippen molar-refractivity contribution in [1.82, 2.24) is 25.1 Å². The van der Waals surface area contributed by atoms with Gasteiger partial charge in [0.05, 0.1) is 11.7 Å². The first-order valence-corrected chi connectivity index (χ1v) is 7.61. The Hall–Kier alpha value is -2.38. The van der Waals surface area contributed by atoms with E-state index in [0.29, 0.717) is 11.0 Å². The van der Waals surface area contributed by atoms with E-state index in [1.165, 1.54) is 6.20 Å². The monoisotopic (exact) mass is 320 g/mol. The van der Waals surface area contributed by atoms with Gasteiger partial charge in [0, 0.05) is 7.05 Å². The fraction of sp³-hybridized carbons (Fsp3) is 0.600. The van der Waals surface area contributed by atoms with Gasteiger partial charge < -0.3 is 10.6 Å². The van der Waals surface area contributed by atoms with Gasteiger partial charge >= 0.3 is 0 Å². The minimum atomic E-state index is -0.494. The van der Waals surface area contributed by atoms with Gasteiger partial charge in [-0.3, -0.25) is 14.6 Å². The Morgan fingerprint density at radius 1 is 1.35 bits per heavy atom. The second-order valence-corrected chi connectivity index (χ2v) is 6.86. The highest BCUT2D eigenvalue weighted by atomic mass is 16.2. The number of aromatic nitrogens is 4. The molecule has 23 heavy (non-hydrogen) atoms. The molecule has 0 spiro atoms. The fourth-order valence-electron chi connectivity index (χ4n) is 2.32. The van der Waals surface area contributed by atoms with Crippen LogP contribution in [0.2, 0.25) is 0 Å². The first-order valence-electron chi connectivity index (χ1n) is 7.61. The van der Waals surface area contributed by atoms with Crippen molar-refractivity contribution in [2.75, 3.05) is 12.4 Å². The minimum absolute atomic E-state index is 0.0310. The average molecular weight is 320 g/mol. The van der Waals surface area contributed by atoms with Crippen molar-refractivity contribution in [3.8, 4) is 0 Å². The summed E-state index contributed by atoms with van der Waals surface area (Å²) in [5.41, 5.74) is -0.103. The molecule has 2 rings (SSSR count). The first kappa shape index (κ1) is 17.0. The average Bonchev–Trinajstić information content (AvgIpc) is 2.88. The summed E-state index contributed by atoms with van der Waals surface area (Å²) in [5, 5.41) is 10.3. The SMILES string of the molecule is CNC(=O)[C@@H](Nc1nc2c(cnn2C(C)(C)C)c(=O)[nH]1)C(C)C. The Labute approximate surface area is 134 Å². The summed E-state index contributed by atoms with van der Waals surface area (Å²) in [4.78, 5) is 31.3. The summed E-state index contributed by atoms with van der Waals surface area (Å²) >= 11 is 0. The second kappa shape index (κ2) is 6.02. The Kier molecular flexibility index (Phi) is 4.44. The molecular formula is C15H24N6O2. The highest BCUT2D eigenvalue weighted by molar-refractivity contribution is 5.84. The number of hydrogen-bond acceptors (Lipinski definition) is 5. The molecule has 0 unspecified atom stereocenters. The number of rotatable bonds is 4. The van der Waals surface area contributed by atoms with Crippen LogP contribution in [0.5, 0.6) is 0 Å². The number of aromatic amines is 1. The predicted octanol–water partition coefficient (Wildman–Crippen LogP) is 1.06. The maximum absolute atomic E-state index is 12.2. The van der Waals surface area contributed by atoms with E-state index in [0.717, 1.165) is 0 Å². The first-order chi connectivity index (χ1) is 10.6. The summed E-state index contributed by atoms with van der Waals surface area (Å²) in [6, 6.07) is -0.494. The molecule has 2 aromatic heterocycles. The second-order valence-electron chi connectivity index (χ2n) is 6.86. The molecular weight excluding hydrogens is 296 g/mol. The number of nitrogens with one attached hydrogen (secondary N) is 3. The number of amides is 1. The van der Waals surface area contributed by atoms with Crippen LogP contribution >= 0.6 is 0 Å². The normalized spacial score (nSPS) is 13.3. The standard InChI is InChI=1S/C15H24N6O2/c1-8(2)10(13(23)16-6)18-14-19-11-9(12(22)20-14)7-17-21(11)15(3,4)5/h7-8,10H,1-6H3,(H,16,23)(H2,18,19,20,22)/t10-/m0/s1. The topological polar surface area (TPSA) is 105 Å². The lowest BCUT2D eigenvalue weighted by atomic mass is 10.0. The Morgan fingerprint density at radius 2 is 2.00 bits per heavy atom. The molecule has 2 heterocycles. The maximum Gasteiger partial charge on any atom is 0.263 e. The van der Waals surface area contributed by atoms with Gasteiger partial charge in [0.1, 0.15) is 11.4 Å². The maximum atomic E-state index is 12.2. The molecule has 0 aliphatic heterocycles. The van der Waals surface area contributed by atoms with Crippen molar-refractivity contribution < 1.29 is 4.79 Å². The van der Waals surface area contributed by atoms with E-state index < -0.39 is 6.04 Å². The number of H-pyrrole nitrogens is 1. The van der Waals surface area contributed by atoms with Gasteiger partial charge in [-0.2, -0.15) is 10.1 Å². The number of anilines is 1. The van der Waals surface area contributed by atoms with Crippen LogP contribution in [0.4, 0.5) is 5.95 Å². The summed E-state index contributed by atoms with van der Waals surface area (Å²) in [6.45, 7) is 9.79. The zero-order chi connectivity index (χ0) is 17.4. The van der Waals surface area contributed by atoms with Gasteiger partial charge in [-0.05, 0) is 26.7 Å². The van der Waals surface area contributed by atoms with E-state index in [1.807, 2.05) is 34.6 Å². The Morgan fingerprint density at radius 3 is 2.52 bits per heavy atom. The highest BCUT2D eigenvalue weighted by Gasteiger charge is 2.24. The van der Waals surface area contributed by atoms with Crippen LogP contribution in [-0.4, -0.2) is 38.7 Å². The lowest BCUT2D eigenvalue weighted by molar-refractivity contribution is -0.122. The molecule has 0 saturated heterocycles. The summed E-state index contributed by atoms with van der Waals surface area (Å²) in [5.74, 6) is 0.131. The van der Waals surface area contributed by atoms with Crippen molar-refractivity contribution in [2.45, 2.75) is 46.2 Å². The van der Waals surface area contributed by atoms with Gasteiger partial charge in [0.25, 0.3) is 5.56 Å². The molecule has 1 atom stereocenters. The van der Waals surface area contributed by atoms with E-state index in [-0.39, 0.29) is 28.9 Å². The predicted molar refractivity (Wildman–Crippen MR) is 89.5 cm³/mol. The van der Waals surface area contributed by atoms with Crippen molar-refractivity contribution in [3.63, 3.8) is 0 Å². The van der Waals surface area contributed by atoms with Crippen LogP contribution in [0.25, 0.3) is 11.0 Å². The summed E-state index contributed by atoms with van der Waals surface area (Å²) in [6.07, 6.45) is 1.51. The lowest BCUT2D eigenvalue weighted by Crippen LogP contribution is -2.42. The number of likely N-dealkylation sites (N-methyl/N-ethyl adjacent to an activating group) is 1. The van der Waals surface area contributed by atoms with E-state index >= 15 is 0 Å². The van der Waals surface area contributed by atoms with Gasteiger partial charge in [-0.15, -0.1) is 0 Å². The van der Waals surface area contributed by atoms with Gasteiger partial charge in [0.2, 0.25) is 11.9 Å². The number of nitrogens with zero attached hydrogens (tertiary/aromatic N) is 3. The van der Waals surface area contributed by atoms with Crippen LogP contribution in [0.15, 0.2) is 11.0 Å². The molecule has 3 N–H and O–H groups in total. The molecule has 8 nitrogen and oxygen atoms in total. The smallest absolute Gasteiger partial charge is 0.263 e. The zero-order valence-electron chi connectivity index (χ0n) is 14.4. The summed E-state index contributed by atoms with van der Waals surface area (Å²) in [7, 11) is 1.58. The fourth-order valence-corrected chi connectivity index (χ4v) is 2.32. The van der Waals surface area contributed by atoms with Crippen molar-refractivity contribution >= 4 is 22.9 Å². The third kappa shape index (κ3) is 3.35. The minimum Gasteiger partial charge on any atom is -0.357 e. The largest absolute Gasteiger partial charge is 0.357 e. The number of hydrogen-bond donors (Lipinski definition) is 3. The van der Waals surface area contributed by atoms with Crippen molar-refractivity contribution in [3.05, 3.63) is 16.6 Å². The molecule has 8 heteroatoms. The van der Waals surface area contributed by atoms with E-state index in [4.69, 9.17) is 0 Å². The molecule has 1 amide bonds. The molecule has 2 aromatic rings. The van der Waals surface area contributed by atoms with Crippen molar-refractivity contribution in [2.24, 2.45) is 5.92 Å². The number of fused-ring (bicyclic) bond motifs is 1. The molecule has 0 bridgehead atoms. The molecule has 0 fully saturated rings. The van der Waals surface area contributed by atoms with Crippen LogP contribution in [0, 0.1) is 5.92 Å². The number of carbonyl (C=O) groups excluding carboxylic acids is 1. The van der Waals surface area contributed by atoms with Crippen molar-refractivity contribution in [1.29, 1.82) is 0 Å². The highest BCUT2D eigenvalue weighted by Crippen LogP contribution is 2.19. The van der Waals surface area contributed by atoms with Gasteiger partial charge in [-0.25, -0.2) is 4.68 Å². The van der Waals surface area contributed by atoms with Crippen LogP contribution < -0.4 is 16.2 Å². The molecule has 126 valence electrons. The van der Waals surface area contributed by atoms with Gasteiger partial charge in [0.15, 0.2) is 5.65 Å². The van der Waals surface area contributed by atoms with E-state index in [2.05, 4.69) is 25.7 Å². The quantitative estimate of drug-likeness (QED) is 0.781. The molecule has 0 aliphatic carbocycles. The van der Waals surface area contributed by atoms with E-state index in [1.54, 1.807) is 11.7 Å². The van der Waals surface area contributed by atoms with Crippen LogP contribution in [-0.2, 0) is 10.3 Å². The molecule has 0 aliphatic rings. The summed E-state index contributed by atoms with van der Waals surface area (Å²) < 4.78 is 1.70. The van der Waals surface area contributed by atoms with Crippen LogP contribution in [0.3, 0.4) is 0 Å². The van der Waals surface area contributed by atoms with E-state index in [9.17, 15) is 9.59 Å². The third-order valence-electron chi connectivity index (χ3n) is 3.56. The molecule has 0 aromatic carbocycles. The Bertz CT molecular complexity index is 768. The van der Waals surface area contributed by atoms with Gasteiger partial charge in [-0.1, -0.05) is 13.8 Å². The lowest BCUT2D eigenvalue weighted by Gasteiger charge is -2.22. The van der Waals surface area contributed by atoms with Crippen LogP contribution in [0.1, 0.15) is 34.6 Å². The third-order valence-corrected chi connectivity index (χ3v) is 3.56.